The van der Waals surface area contributed by atoms with E-state index in [1.54, 1.807) is 12.1 Å². The predicted molar refractivity (Wildman–Crippen MR) is 54.9 cm³/mol. The fourth-order valence-electron chi connectivity index (χ4n) is 1.44. The number of carboxylic acid groups (broad SMARTS) is 1. The van der Waals surface area contributed by atoms with E-state index in [0.29, 0.717) is 11.0 Å². The molecule has 1 saturated carbocycles. The van der Waals surface area contributed by atoms with Crippen LogP contribution >= 0.6 is 11.6 Å². The van der Waals surface area contributed by atoms with Gasteiger partial charge in [-0.3, -0.25) is 4.79 Å². The monoisotopic (exact) mass is 227 g/mol. The van der Waals surface area contributed by atoms with Gasteiger partial charge in [0.25, 0.3) is 0 Å². The van der Waals surface area contributed by atoms with Gasteiger partial charge in [-0.05, 0) is 25.0 Å². The van der Waals surface area contributed by atoms with Crippen LogP contribution in [0.3, 0.4) is 0 Å². The van der Waals surface area contributed by atoms with Gasteiger partial charge in [-0.2, -0.15) is 0 Å². The topological polar surface area (TPSA) is 75.1 Å². The van der Waals surface area contributed by atoms with E-state index >= 15 is 0 Å². The highest BCUT2D eigenvalue weighted by Gasteiger charge is 2.44. The molecule has 0 saturated heterocycles. The minimum Gasteiger partial charge on any atom is -0.481 e. The number of anilines is 1. The molecule has 0 aromatic carbocycles. The zero-order chi connectivity index (χ0) is 10.9. The van der Waals surface area contributed by atoms with E-state index in [-0.39, 0.29) is 12.0 Å². The van der Waals surface area contributed by atoms with Crippen molar-refractivity contribution in [2.75, 3.05) is 5.32 Å². The lowest BCUT2D eigenvalue weighted by Gasteiger charge is -2.14. The van der Waals surface area contributed by atoms with Gasteiger partial charge >= 0.3 is 5.97 Å². The van der Waals surface area contributed by atoms with Crippen molar-refractivity contribution in [2.45, 2.75) is 24.8 Å². The fraction of sp³-hybridized carbons (Fsp3) is 0.444. The lowest BCUT2D eigenvalue weighted by atomic mass is 10.2. The number of nitrogens with zero attached hydrogens (tertiary/aromatic N) is 2. The van der Waals surface area contributed by atoms with Gasteiger partial charge in [0.05, 0.1) is 6.42 Å². The Kier molecular flexibility index (Phi) is 2.48. The summed E-state index contributed by atoms with van der Waals surface area (Å²) in [5.74, 6) is -0.236. The standard InChI is InChI=1S/C9H10ClN3O2/c10-6-1-2-7(13-12-6)11-9(3-4-9)5-8(14)15/h1-2H,3-5H2,(H,11,13)(H,14,15). The quantitative estimate of drug-likeness (QED) is 0.816. The van der Waals surface area contributed by atoms with Gasteiger partial charge in [-0.25, -0.2) is 0 Å². The van der Waals surface area contributed by atoms with E-state index in [9.17, 15) is 4.79 Å². The normalized spacial score (nSPS) is 17.1. The number of halogens is 1. The molecule has 0 radical (unpaired) electrons. The number of hydrogen-bond acceptors (Lipinski definition) is 4. The Labute approximate surface area is 91.5 Å². The largest absolute Gasteiger partial charge is 0.481 e. The molecule has 1 heterocycles. The van der Waals surface area contributed by atoms with Crippen molar-refractivity contribution in [2.24, 2.45) is 0 Å². The van der Waals surface area contributed by atoms with Crippen LogP contribution in [-0.2, 0) is 4.79 Å². The van der Waals surface area contributed by atoms with Crippen molar-refractivity contribution in [1.29, 1.82) is 0 Å². The Hall–Kier alpha value is -1.36. The Morgan fingerprint density at radius 1 is 1.53 bits per heavy atom. The molecule has 6 heteroatoms. The zero-order valence-electron chi connectivity index (χ0n) is 7.90. The van der Waals surface area contributed by atoms with Crippen LogP contribution < -0.4 is 5.32 Å². The van der Waals surface area contributed by atoms with Gasteiger partial charge in [0.15, 0.2) is 5.15 Å². The molecule has 2 rings (SSSR count). The minimum absolute atomic E-state index is 0.108. The molecule has 2 N–H and O–H groups in total. The molecule has 0 atom stereocenters. The number of rotatable bonds is 4. The Bertz CT molecular complexity index is 375. The first-order valence-electron chi connectivity index (χ1n) is 4.59. The number of aromatic nitrogens is 2. The molecule has 0 bridgehead atoms. The number of hydrogen-bond donors (Lipinski definition) is 2. The molecule has 1 aliphatic rings. The summed E-state index contributed by atoms with van der Waals surface area (Å²) in [5, 5.41) is 19.6. The van der Waals surface area contributed by atoms with Crippen molar-refractivity contribution >= 4 is 23.4 Å². The third-order valence-corrected chi connectivity index (χ3v) is 2.57. The number of carboxylic acids is 1. The van der Waals surface area contributed by atoms with Crippen LogP contribution in [0.5, 0.6) is 0 Å². The van der Waals surface area contributed by atoms with Crippen molar-refractivity contribution in [3.8, 4) is 0 Å². The summed E-state index contributed by atoms with van der Waals surface area (Å²) in [5.41, 5.74) is -0.325. The van der Waals surface area contributed by atoms with E-state index in [4.69, 9.17) is 16.7 Å². The summed E-state index contributed by atoms with van der Waals surface area (Å²) in [7, 11) is 0. The number of aliphatic carboxylic acids is 1. The zero-order valence-corrected chi connectivity index (χ0v) is 8.66. The molecule has 0 aliphatic heterocycles. The summed E-state index contributed by atoms with van der Waals surface area (Å²) in [6.07, 6.45) is 1.81. The highest BCUT2D eigenvalue weighted by Crippen LogP contribution is 2.41. The minimum atomic E-state index is -0.804. The Morgan fingerprint density at radius 2 is 2.27 bits per heavy atom. The van der Waals surface area contributed by atoms with Crippen molar-refractivity contribution in [3.63, 3.8) is 0 Å². The van der Waals surface area contributed by atoms with Gasteiger partial charge < -0.3 is 10.4 Å². The van der Waals surface area contributed by atoms with Crippen LogP contribution in [0.2, 0.25) is 5.15 Å². The van der Waals surface area contributed by atoms with Crippen LogP contribution in [0.15, 0.2) is 12.1 Å². The van der Waals surface area contributed by atoms with Crippen molar-refractivity contribution in [3.05, 3.63) is 17.3 Å². The van der Waals surface area contributed by atoms with E-state index in [2.05, 4.69) is 15.5 Å². The van der Waals surface area contributed by atoms with Crippen molar-refractivity contribution in [1.82, 2.24) is 10.2 Å². The summed E-state index contributed by atoms with van der Waals surface area (Å²) < 4.78 is 0. The maximum absolute atomic E-state index is 10.6. The smallest absolute Gasteiger partial charge is 0.305 e. The van der Waals surface area contributed by atoms with Gasteiger partial charge in [-0.15, -0.1) is 10.2 Å². The first kappa shape index (κ1) is 10.2. The SMILES string of the molecule is O=C(O)CC1(Nc2ccc(Cl)nn2)CC1. The third kappa shape index (κ3) is 2.56. The lowest BCUT2D eigenvalue weighted by molar-refractivity contribution is -0.137. The summed E-state index contributed by atoms with van der Waals surface area (Å²) in [4.78, 5) is 10.6. The number of carbonyl (C=O) groups is 1. The van der Waals surface area contributed by atoms with Gasteiger partial charge in [-0.1, -0.05) is 11.6 Å². The highest BCUT2D eigenvalue weighted by atomic mass is 35.5. The van der Waals surface area contributed by atoms with E-state index in [1.807, 2.05) is 0 Å². The van der Waals surface area contributed by atoms with E-state index < -0.39 is 5.97 Å². The molecule has 5 nitrogen and oxygen atoms in total. The maximum Gasteiger partial charge on any atom is 0.305 e. The molecule has 0 amide bonds. The van der Waals surface area contributed by atoms with E-state index in [0.717, 1.165) is 12.8 Å². The molecule has 1 aromatic heterocycles. The van der Waals surface area contributed by atoms with Crippen LogP contribution in [0.25, 0.3) is 0 Å². The lowest BCUT2D eigenvalue weighted by Crippen LogP contribution is -2.25. The molecular formula is C9H10ClN3O2. The second-order valence-electron chi connectivity index (χ2n) is 3.72. The van der Waals surface area contributed by atoms with Gasteiger partial charge in [0.2, 0.25) is 0 Å². The van der Waals surface area contributed by atoms with Crippen LogP contribution in [-0.4, -0.2) is 26.8 Å². The average Bonchev–Trinajstić information content (AvgIpc) is 2.88. The van der Waals surface area contributed by atoms with Crippen LogP contribution in [0.1, 0.15) is 19.3 Å². The maximum atomic E-state index is 10.6. The Balaban J connectivity index is 2.02. The molecule has 15 heavy (non-hydrogen) atoms. The second-order valence-corrected chi connectivity index (χ2v) is 4.10. The summed E-state index contributed by atoms with van der Waals surface area (Å²) in [6, 6.07) is 3.31. The second kappa shape index (κ2) is 3.66. The molecule has 1 fully saturated rings. The fourth-order valence-corrected chi connectivity index (χ4v) is 1.54. The third-order valence-electron chi connectivity index (χ3n) is 2.37. The average molecular weight is 228 g/mol. The molecular weight excluding hydrogens is 218 g/mol. The molecule has 1 aliphatic carbocycles. The first-order chi connectivity index (χ1) is 7.10. The van der Waals surface area contributed by atoms with E-state index in [1.165, 1.54) is 0 Å². The first-order valence-corrected chi connectivity index (χ1v) is 4.97. The van der Waals surface area contributed by atoms with Crippen LogP contribution in [0.4, 0.5) is 5.82 Å². The van der Waals surface area contributed by atoms with Crippen LogP contribution in [0, 0.1) is 0 Å². The predicted octanol–water partition coefficient (Wildman–Crippen LogP) is 1.55. The summed E-state index contributed by atoms with van der Waals surface area (Å²) >= 11 is 5.59. The summed E-state index contributed by atoms with van der Waals surface area (Å²) in [6.45, 7) is 0. The van der Waals surface area contributed by atoms with Gasteiger partial charge in [0.1, 0.15) is 5.82 Å². The highest BCUT2D eigenvalue weighted by molar-refractivity contribution is 6.29. The molecule has 1 aromatic rings. The number of nitrogens with one attached hydrogen (secondary N) is 1. The Morgan fingerprint density at radius 3 is 2.73 bits per heavy atom. The van der Waals surface area contributed by atoms with Gasteiger partial charge in [0, 0.05) is 5.54 Å². The van der Waals surface area contributed by atoms with Crippen molar-refractivity contribution < 1.29 is 9.90 Å². The molecule has 0 unspecified atom stereocenters. The molecule has 0 spiro atoms. The molecule has 80 valence electrons.